The van der Waals surface area contributed by atoms with E-state index < -0.39 is 0 Å². The van der Waals surface area contributed by atoms with Crippen molar-refractivity contribution in [2.45, 2.75) is 33.6 Å². The molecule has 0 aliphatic rings. The summed E-state index contributed by atoms with van der Waals surface area (Å²) < 4.78 is 1.42. The Bertz CT molecular complexity index is 287. The van der Waals surface area contributed by atoms with Gasteiger partial charge in [0.25, 0.3) is 0 Å². The molecular weight excluding hydrogens is 259 g/mol. The summed E-state index contributed by atoms with van der Waals surface area (Å²) in [5, 5.41) is 0. The highest BCUT2D eigenvalue weighted by molar-refractivity contribution is 14.1. The van der Waals surface area contributed by atoms with Crippen molar-refractivity contribution in [1.29, 1.82) is 0 Å². The summed E-state index contributed by atoms with van der Waals surface area (Å²) >= 11 is 2.43. The van der Waals surface area contributed by atoms with E-state index in [1.165, 1.54) is 20.3 Å². The highest BCUT2D eigenvalue weighted by Gasteiger charge is 2.06. The molecule has 0 spiro atoms. The molecular formula is C11H15I. The van der Waals surface area contributed by atoms with Gasteiger partial charge in [-0.05, 0) is 59.0 Å². The van der Waals surface area contributed by atoms with Gasteiger partial charge in [0.15, 0.2) is 0 Å². The molecule has 0 radical (unpaired) electrons. The van der Waals surface area contributed by atoms with Crippen molar-refractivity contribution in [1.82, 2.24) is 0 Å². The first-order valence-electron chi connectivity index (χ1n) is 4.29. The lowest BCUT2D eigenvalue weighted by Crippen LogP contribution is -1.96. The van der Waals surface area contributed by atoms with Crippen molar-refractivity contribution in [2.75, 3.05) is 0 Å². The second-order valence-corrected chi connectivity index (χ2v) is 4.64. The van der Waals surface area contributed by atoms with E-state index in [1.54, 1.807) is 0 Å². The van der Waals surface area contributed by atoms with Crippen LogP contribution in [0.2, 0.25) is 0 Å². The molecule has 0 atom stereocenters. The first-order valence-corrected chi connectivity index (χ1v) is 5.37. The van der Waals surface area contributed by atoms with E-state index >= 15 is 0 Å². The SMILES string of the molecule is Cc1ccc(C(C)C)c(C)c1I. The number of halogens is 1. The van der Waals surface area contributed by atoms with E-state index in [2.05, 4.69) is 62.4 Å². The van der Waals surface area contributed by atoms with Gasteiger partial charge in [-0.15, -0.1) is 0 Å². The highest BCUT2D eigenvalue weighted by Crippen LogP contribution is 2.25. The lowest BCUT2D eigenvalue weighted by molar-refractivity contribution is 0.853. The molecule has 0 nitrogen and oxygen atoms in total. The van der Waals surface area contributed by atoms with Gasteiger partial charge in [0, 0.05) is 3.57 Å². The third kappa shape index (κ3) is 1.82. The van der Waals surface area contributed by atoms with Gasteiger partial charge in [-0.3, -0.25) is 0 Å². The quantitative estimate of drug-likeness (QED) is 0.678. The van der Waals surface area contributed by atoms with Crippen LogP contribution < -0.4 is 0 Å². The molecule has 1 aromatic rings. The van der Waals surface area contributed by atoms with E-state index in [-0.39, 0.29) is 0 Å². The second kappa shape index (κ2) is 3.77. The van der Waals surface area contributed by atoms with Crippen molar-refractivity contribution in [2.24, 2.45) is 0 Å². The standard InChI is InChI=1S/C11H15I/c1-7(2)10-6-5-8(3)11(12)9(10)4/h5-7H,1-4H3. The fourth-order valence-electron chi connectivity index (χ4n) is 1.46. The van der Waals surface area contributed by atoms with E-state index in [4.69, 9.17) is 0 Å². The van der Waals surface area contributed by atoms with Crippen molar-refractivity contribution < 1.29 is 0 Å². The van der Waals surface area contributed by atoms with Crippen LogP contribution in [-0.2, 0) is 0 Å². The molecule has 1 heteroatoms. The van der Waals surface area contributed by atoms with Crippen LogP contribution in [0.1, 0.15) is 36.5 Å². The van der Waals surface area contributed by atoms with Gasteiger partial charge in [0.05, 0.1) is 0 Å². The summed E-state index contributed by atoms with van der Waals surface area (Å²) in [6.07, 6.45) is 0. The summed E-state index contributed by atoms with van der Waals surface area (Å²) in [5.41, 5.74) is 4.31. The Balaban J connectivity index is 3.27. The molecule has 0 saturated carbocycles. The number of rotatable bonds is 1. The molecule has 0 N–H and O–H groups in total. The Labute approximate surface area is 88.5 Å². The van der Waals surface area contributed by atoms with Crippen LogP contribution in [0.5, 0.6) is 0 Å². The summed E-state index contributed by atoms with van der Waals surface area (Å²) in [5.74, 6) is 0.638. The minimum Gasteiger partial charge on any atom is -0.0587 e. The normalized spacial score (nSPS) is 10.8. The average Bonchev–Trinajstić information content (AvgIpc) is 2.00. The first-order chi connectivity index (χ1) is 5.54. The molecule has 0 amide bonds. The van der Waals surface area contributed by atoms with E-state index in [0.29, 0.717) is 5.92 Å². The van der Waals surface area contributed by atoms with E-state index in [0.717, 1.165) is 0 Å². The maximum atomic E-state index is 2.43. The largest absolute Gasteiger partial charge is 0.0587 e. The average molecular weight is 274 g/mol. The first kappa shape index (κ1) is 10.0. The Hall–Kier alpha value is -0.0500. The van der Waals surface area contributed by atoms with Crippen LogP contribution in [0.3, 0.4) is 0 Å². The molecule has 0 fully saturated rings. The molecule has 0 aliphatic heterocycles. The fraction of sp³-hybridized carbons (Fsp3) is 0.455. The maximum absolute atomic E-state index is 2.43. The molecule has 0 aliphatic carbocycles. The molecule has 66 valence electrons. The number of benzene rings is 1. The van der Waals surface area contributed by atoms with Crippen LogP contribution >= 0.6 is 22.6 Å². The molecule has 0 aromatic heterocycles. The Morgan fingerprint density at radius 3 is 2.25 bits per heavy atom. The van der Waals surface area contributed by atoms with Gasteiger partial charge >= 0.3 is 0 Å². The van der Waals surface area contributed by atoms with Crippen LogP contribution in [-0.4, -0.2) is 0 Å². The van der Waals surface area contributed by atoms with Crippen molar-refractivity contribution in [3.05, 3.63) is 32.4 Å². The Kier molecular flexibility index (Phi) is 3.16. The summed E-state index contributed by atoms with van der Waals surface area (Å²) in [6, 6.07) is 4.46. The highest BCUT2D eigenvalue weighted by atomic mass is 127. The molecule has 0 heterocycles. The fourth-order valence-corrected chi connectivity index (χ4v) is 1.95. The summed E-state index contributed by atoms with van der Waals surface area (Å²) in [6.45, 7) is 8.87. The summed E-state index contributed by atoms with van der Waals surface area (Å²) in [7, 11) is 0. The molecule has 0 saturated heterocycles. The van der Waals surface area contributed by atoms with Gasteiger partial charge in [-0.2, -0.15) is 0 Å². The smallest absolute Gasteiger partial charge is 0.0191 e. The second-order valence-electron chi connectivity index (χ2n) is 3.57. The van der Waals surface area contributed by atoms with E-state index in [1.807, 2.05) is 0 Å². The summed E-state index contributed by atoms with van der Waals surface area (Å²) in [4.78, 5) is 0. The zero-order chi connectivity index (χ0) is 9.30. The zero-order valence-corrected chi connectivity index (χ0v) is 10.3. The molecule has 1 rings (SSSR count). The van der Waals surface area contributed by atoms with Crippen molar-refractivity contribution in [3.63, 3.8) is 0 Å². The number of aryl methyl sites for hydroxylation is 1. The van der Waals surface area contributed by atoms with Crippen LogP contribution in [0.25, 0.3) is 0 Å². The van der Waals surface area contributed by atoms with Crippen LogP contribution in [0.4, 0.5) is 0 Å². The molecule has 1 aromatic carbocycles. The maximum Gasteiger partial charge on any atom is 0.0191 e. The molecule has 0 bridgehead atoms. The van der Waals surface area contributed by atoms with Gasteiger partial charge in [0.1, 0.15) is 0 Å². The zero-order valence-electron chi connectivity index (χ0n) is 8.11. The van der Waals surface area contributed by atoms with Gasteiger partial charge in [-0.1, -0.05) is 26.0 Å². The lowest BCUT2D eigenvalue weighted by atomic mass is 9.97. The third-order valence-corrected chi connectivity index (χ3v) is 3.90. The molecule has 0 unspecified atom stereocenters. The number of hydrogen-bond acceptors (Lipinski definition) is 0. The molecule has 12 heavy (non-hydrogen) atoms. The Morgan fingerprint density at radius 2 is 1.75 bits per heavy atom. The van der Waals surface area contributed by atoms with Gasteiger partial charge < -0.3 is 0 Å². The van der Waals surface area contributed by atoms with Crippen LogP contribution in [0, 0.1) is 17.4 Å². The third-order valence-electron chi connectivity index (χ3n) is 2.24. The minimum absolute atomic E-state index is 0.638. The van der Waals surface area contributed by atoms with Gasteiger partial charge in [0.2, 0.25) is 0 Å². The lowest BCUT2D eigenvalue weighted by Gasteiger charge is -2.12. The van der Waals surface area contributed by atoms with Gasteiger partial charge in [-0.25, -0.2) is 0 Å². The Morgan fingerprint density at radius 1 is 1.17 bits per heavy atom. The van der Waals surface area contributed by atoms with E-state index in [9.17, 15) is 0 Å². The predicted molar refractivity (Wildman–Crippen MR) is 62.7 cm³/mol. The minimum atomic E-state index is 0.638. The monoisotopic (exact) mass is 274 g/mol. The number of hydrogen-bond donors (Lipinski definition) is 0. The van der Waals surface area contributed by atoms with Crippen molar-refractivity contribution >= 4 is 22.6 Å². The topological polar surface area (TPSA) is 0 Å². The predicted octanol–water partition coefficient (Wildman–Crippen LogP) is 4.03. The van der Waals surface area contributed by atoms with Crippen molar-refractivity contribution in [3.8, 4) is 0 Å². The van der Waals surface area contributed by atoms with Crippen LogP contribution in [0.15, 0.2) is 12.1 Å².